The molecule has 0 aromatic carbocycles. The van der Waals surface area contributed by atoms with E-state index in [1.54, 1.807) is 36.8 Å². The van der Waals surface area contributed by atoms with Gasteiger partial charge in [-0.2, -0.15) is 0 Å². The first-order chi connectivity index (χ1) is 10.2. The molecule has 2 aromatic heterocycles. The lowest BCUT2D eigenvalue weighted by atomic mass is 9.90. The van der Waals surface area contributed by atoms with E-state index in [1.807, 2.05) is 6.07 Å². The highest BCUT2D eigenvalue weighted by Gasteiger charge is 2.21. The Morgan fingerprint density at radius 3 is 2.38 bits per heavy atom. The van der Waals surface area contributed by atoms with Gasteiger partial charge in [0, 0.05) is 42.7 Å². The molecule has 0 saturated carbocycles. The van der Waals surface area contributed by atoms with E-state index in [9.17, 15) is 9.59 Å². The number of carbonyl (C=O) groups excluding carboxylic acids is 2. The Morgan fingerprint density at radius 1 is 1.10 bits per heavy atom. The van der Waals surface area contributed by atoms with E-state index in [0.29, 0.717) is 5.56 Å². The van der Waals surface area contributed by atoms with Crippen molar-refractivity contribution in [3.05, 3.63) is 60.2 Å². The van der Waals surface area contributed by atoms with Gasteiger partial charge in [0.05, 0.1) is 13.5 Å². The van der Waals surface area contributed by atoms with Crippen molar-refractivity contribution in [3.63, 3.8) is 0 Å². The standard InChI is InChI=1S/C16H16N2O3/c1-21-16(20)9-14(12-4-2-6-17-10-12)8-15(19)13-5-3-7-18-11-13/h2-7,10-11,14H,8-9H2,1H3. The SMILES string of the molecule is COC(=O)CC(CC(=O)c1cccnc1)c1cccnc1. The second-order valence-electron chi connectivity index (χ2n) is 4.63. The zero-order chi connectivity index (χ0) is 15.1. The van der Waals surface area contributed by atoms with Crippen molar-refractivity contribution in [1.82, 2.24) is 9.97 Å². The number of ketones is 1. The van der Waals surface area contributed by atoms with Gasteiger partial charge in [0.25, 0.3) is 0 Å². The predicted octanol–water partition coefficient (Wildman–Crippen LogP) is 2.40. The fourth-order valence-electron chi connectivity index (χ4n) is 2.08. The van der Waals surface area contributed by atoms with Crippen LogP contribution in [-0.4, -0.2) is 28.8 Å². The zero-order valence-electron chi connectivity index (χ0n) is 11.7. The number of aromatic nitrogens is 2. The number of pyridine rings is 2. The van der Waals surface area contributed by atoms with Crippen molar-refractivity contribution in [2.45, 2.75) is 18.8 Å². The van der Waals surface area contributed by atoms with Gasteiger partial charge in [-0.1, -0.05) is 6.07 Å². The molecular formula is C16H16N2O3. The average Bonchev–Trinajstić information content (AvgIpc) is 2.55. The summed E-state index contributed by atoms with van der Waals surface area (Å²) in [6, 6.07) is 7.08. The molecule has 108 valence electrons. The number of methoxy groups -OCH3 is 1. The molecule has 2 aromatic rings. The number of esters is 1. The smallest absolute Gasteiger partial charge is 0.306 e. The Labute approximate surface area is 123 Å². The van der Waals surface area contributed by atoms with Gasteiger partial charge in [-0.05, 0) is 23.8 Å². The number of ether oxygens (including phenoxy) is 1. The highest BCUT2D eigenvalue weighted by Crippen LogP contribution is 2.25. The molecule has 0 N–H and O–H groups in total. The van der Waals surface area contributed by atoms with E-state index in [-0.39, 0.29) is 30.5 Å². The lowest BCUT2D eigenvalue weighted by molar-refractivity contribution is -0.141. The molecule has 0 aliphatic heterocycles. The first-order valence-corrected chi connectivity index (χ1v) is 6.60. The summed E-state index contributed by atoms with van der Waals surface area (Å²) < 4.78 is 4.71. The van der Waals surface area contributed by atoms with E-state index in [4.69, 9.17) is 4.74 Å². The summed E-state index contributed by atoms with van der Waals surface area (Å²) in [6.45, 7) is 0. The molecule has 1 unspecified atom stereocenters. The third-order valence-electron chi connectivity index (χ3n) is 3.21. The van der Waals surface area contributed by atoms with Gasteiger partial charge in [-0.3, -0.25) is 19.6 Å². The monoisotopic (exact) mass is 284 g/mol. The summed E-state index contributed by atoms with van der Waals surface area (Å²) in [5.41, 5.74) is 1.39. The van der Waals surface area contributed by atoms with Crippen LogP contribution < -0.4 is 0 Å². The zero-order valence-corrected chi connectivity index (χ0v) is 11.7. The van der Waals surface area contributed by atoms with Crippen LogP contribution in [0.3, 0.4) is 0 Å². The highest BCUT2D eigenvalue weighted by atomic mass is 16.5. The third kappa shape index (κ3) is 4.21. The van der Waals surface area contributed by atoms with Gasteiger partial charge in [0.2, 0.25) is 0 Å². The summed E-state index contributed by atoms with van der Waals surface area (Å²) in [7, 11) is 1.34. The number of Topliss-reactive ketones (excluding diaryl/α,β-unsaturated/α-hetero) is 1. The van der Waals surface area contributed by atoms with Crippen LogP contribution in [0.25, 0.3) is 0 Å². The molecule has 5 heteroatoms. The average molecular weight is 284 g/mol. The maximum atomic E-state index is 12.3. The molecule has 0 aliphatic rings. The number of hydrogen-bond donors (Lipinski definition) is 0. The van der Waals surface area contributed by atoms with Crippen LogP contribution in [-0.2, 0) is 9.53 Å². The molecule has 5 nitrogen and oxygen atoms in total. The van der Waals surface area contributed by atoms with E-state index in [2.05, 4.69) is 9.97 Å². The Bertz CT molecular complexity index is 599. The minimum absolute atomic E-state index is 0.0548. The van der Waals surface area contributed by atoms with Crippen LogP contribution in [0.4, 0.5) is 0 Å². The van der Waals surface area contributed by atoms with Gasteiger partial charge in [0.1, 0.15) is 0 Å². The van der Waals surface area contributed by atoms with Gasteiger partial charge < -0.3 is 4.74 Å². The Kier molecular flexibility index (Phi) is 5.15. The fraction of sp³-hybridized carbons (Fsp3) is 0.250. The molecule has 0 bridgehead atoms. The Morgan fingerprint density at radius 2 is 1.81 bits per heavy atom. The van der Waals surface area contributed by atoms with E-state index >= 15 is 0 Å². The van der Waals surface area contributed by atoms with Gasteiger partial charge in [0.15, 0.2) is 5.78 Å². The summed E-state index contributed by atoms with van der Waals surface area (Å²) >= 11 is 0. The largest absolute Gasteiger partial charge is 0.469 e. The number of nitrogens with zero attached hydrogens (tertiary/aromatic N) is 2. The first kappa shape index (κ1) is 14.8. The van der Waals surface area contributed by atoms with Crippen LogP contribution in [0, 0.1) is 0 Å². The van der Waals surface area contributed by atoms with Crippen molar-refractivity contribution in [1.29, 1.82) is 0 Å². The molecule has 21 heavy (non-hydrogen) atoms. The molecular weight excluding hydrogens is 268 g/mol. The lowest BCUT2D eigenvalue weighted by Gasteiger charge is -2.15. The van der Waals surface area contributed by atoms with Crippen LogP contribution >= 0.6 is 0 Å². The van der Waals surface area contributed by atoms with Crippen molar-refractivity contribution in [2.24, 2.45) is 0 Å². The second kappa shape index (κ2) is 7.28. The van der Waals surface area contributed by atoms with E-state index in [1.165, 1.54) is 13.3 Å². The number of rotatable bonds is 6. The maximum absolute atomic E-state index is 12.3. The topological polar surface area (TPSA) is 69.2 Å². The second-order valence-corrected chi connectivity index (χ2v) is 4.63. The lowest BCUT2D eigenvalue weighted by Crippen LogP contribution is -2.13. The summed E-state index contributed by atoms with van der Waals surface area (Å²) in [4.78, 5) is 31.8. The molecule has 2 heterocycles. The molecule has 0 saturated heterocycles. The van der Waals surface area contributed by atoms with Gasteiger partial charge >= 0.3 is 5.97 Å². The van der Waals surface area contributed by atoms with Gasteiger partial charge in [-0.25, -0.2) is 0 Å². The molecule has 2 rings (SSSR count). The molecule has 0 amide bonds. The maximum Gasteiger partial charge on any atom is 0.306 e. The van der Waals surface area contributed by atoms with Crippen LogP contribution in [0.5, 0.6) is 0 Å². The first-order valence-electron chi connectivity index (χ1n) is 6.60. The van der Waals surface area contributed by atoms with E-state index in [0.717, 1.165) is 5.56 Å². The summed E-state index contributed by atoms with van der Waals surface area (Å²) in [6.07, 6.45) is 6.83. The van der Waals surface area contributed by atoms with Crippen LogP contribution in [0.2, 0.25) is 0 Å². The van der Waals surface area contributed by atoms with E-state index < -0.39 is 0 Å². The molecule has 0 aliphatic carbocycles. The Balaban J connectivity index is 2.16. The van der Waals surface area contributed by atoms with Crippen molar-refractivity contribution in [3.8, 4) is 0 Å². The van der Waals surface area contributed by atoms with Crippen molar-refractivity contribution < 1.29 is 14.3 Å². The summed E-state index contributed by atoms with van der Waals surface area (Å²) in [5, 5.41) is 0. The molecule has 0 spiro atoms. The predicted molar refractivity (Wildman–Crippen MR) is 76.8 cm³/mol. The van der Waals surface area contributed by atoms with Crippen molar-refractivity contribution >= 4 is 11.8 Å². The molecule has 0 fully saturated rings. The number of hydrogen-bond acceptors (Lipinski definition) is 5. The summed E-state index contributed by atoms with van der Waals surface area (Å²) in [5.74, 6) is -0.650. The number of carbonyl (C=O) groups is 2. The molecule has 0 radical (unpaired) electrons. The minimum Gasteiger partial charge on any atom is -0.469 e. The normalized spacial score (nSPS) is 11.7. The van der Waals surface area contributed by atoms with Crippen molar-refractivity contribution in [2.75, 3.05) is 7.11 Å². The fourth-order valence-corrected chi connectivity index (χ4v) is 2.08. The highest BCUT2D eigenvalue weighted by molar-refractivity contribution is 5.96. The minimum atomic E-state index is -0.345. The van der Waals surface area contributed by atoms with Crippen LogP contribution in [0.15, 0.2) is 49.1 Å². The van der Waals surface area contributed by atoms with Crippen LogP contribution in [0.1, 0.15) is 34.7 Å². The molecule has 1 atom stereocenters. The Hall–Kier alpha value is -2.56. The quantitative estimate of drug-likeness (QED) is 0.602. The van der Waals surface area contributed by atoms with Gasteiger partial charge in [-0.15, -0.1) is 0 Å². The third-order valence-corrected chi connectivity index (χ3v) is 3.21.